The summed E-state index contributed by atoms with van der Waals surface area (Å²) in [7, 11) is 0. The van der Waals surface area contributed by atoms with Gasteiger partial charge in [0.1, 0.15) is 0 Å². The Labute approximate surface area is 98.9 Å². The maximum Gasteiger partial charge on any atom is 0.0807 e. The van der Waals surface area contributed by atoms with Crippen LogP contribution in [0.15, 0.2) is 24.3 Å². The molecule has 0 saturated carbocycles. The maximum absolute atomic E-state index is 10.00. The van der Waals surface area contributed by atoms with Crippen LogP contribution in [0.25, 0.3) is 0 Å². The molecule has 1 atom stereocenters. The van der Waals surface area contributed by atoms with E-state index in [1.54, 1.807) is 0 Å². The van der Waals surface area contributed by atoms with Crippen molar-refractivity contribution in [1.29, 1.82) is 0 Å². The first-order valence-corrected chi connectivity index (χ1v) is 6.26. The van der Waals surface area contributed by atoms with E-state index in [9.17, 15) is 5.11 Å². The highest BCUT2D eigenvalue weighted by atomic mass is 16.3. The fourth-order valence-electron chi connectivity index (χ4n) is 2.00. The Kier molecular flexibility index (Phi) is 5.33. The first-order valence-electron chi connectivity index (χ1n) is 6.26. The highest BCUT2D eigenvalue weighted by Gasteiger charge is 2.13. The van der Waals surface area contributed by atoms with Crippen LogP contribution in [0, 0.1) is 0 Å². The van der Waals surface area contributed by atoms with Gasteiger partial charge in [-0.1, -0.05) is 32.0 Å². The molecule has 0 aliphatic heterocycles. The summed E-state index contributed by atoms with van der Waals surface area (Å²) < 4.78 is 0. The van der Waals surface area contributed by atoms with Gasteiger partial charge in [0.05, 0.1) is 6.10 Å². The molecular formula is C14H23NO. The predicted octanol–water partition coefficient (Wildman–Crippen LogP) is 3.37. The van der Waals surface area contributed by atoms with E-state index in [4.69, 9.17) is 0 Å². The molecule has 1 N–H and O–H groups in total. The van der Waals surface area contributed by atoms with Crippen molar-refractivity contribution in [3.05, 3.63) is 29.8 Å². The largest absolute Gasteiger partial charge is 0.388 e. The molecule has 0 aliphatic rings. The molecule has 0 spiro atoms. The van der Waals surface area contributed by atoms with E-state index in [2.05, 4.69) is 24.8 Å². The Hall–Kier alpha value is -1.02. The second kappa shape index (κ2) is 6.54. The molecule has 1 aromatic carbocycles. The fourth-order valence-corrected chi connectivity index (χ4v) is 2.00. The first kappa shape index (κ1) is 13.0. The third-order valence-electron chi connectivity index (χ3n) is 2.90. The molecule has 0 amide bonds. The van der Waals surface area contributed by atoms with E-state index in [1.807, 2.05) is 25.1 Å². The van der Waals surface area contributed by atoms with Gasteiger partial charge in [0.2, 0.25) is 0 Å². The summed E-state index contributed by atoms with van der Waals surface area (Å²) in [5.74, 6) is 0. The van der Waals surface area contributed by atoms with Crippen molar-refractivity contribution in [3.63, 3.8) is 0 Å². The van der Waals surface area contributed by atoms with Crippen molar-refractivity contribution < 1.29 is 5.11 Å². The molecule has 1 rings (SSSR count). The van der Waals surface area contributed by atoms with E-state index in [0.29, 0.717) is 0 Å². The van der Waals surface area contributed by atoms with Gasteiger partial charge in [0.25, 0.3) is 0 Å². The number of aliphatic hydroxyl groups is 1. The van der Waals surface area contributed by atoms with Crippen molar-refractivity contribution in [2.75, 3.05) is 18.0 Å². The van der Waals surface area contributed by atoms with E-state index >= 15 is 0 Å². The van der Waals surface area contributed by atoms with Crippen LogP contribution in [-0.2, 0) is 0 Å². The van der Waals surface area contributed by atoms with Gasteiger partial charge in [0.15, 0.2) is 0 Å². The predicted molar refractivity (Wildman–Crippen MR) is 69.9 cm³/mol. The second-order valence-electron chi connectivity index (χ2n) is 4.06. The van der Waals surface area contributed by atoms with Crippen molar-refractivity contribution in [1.82, 2.24) is 0 Å². The van der Waals surface area contributed by atoms with Crippen molar-refractivity contribution >= 4 is 5.69 Å². The zero-order valence-corrected chi connectivity index (χ0v) is 10.6. The highest BCUT2D eigenvalue weighted by molar-refractivity contribution is 5.54. The second-order valence-corrected chi connectivity index (χ2v) is 4.06. The van der Waals surface area contributed by atoms with Crippen LogP contribution in [0.4, 0.5) is 5.69 Å². The Bertz CT molecular complexity index is 311. The minimum atomic E-state index is -0.345. The minimum absolute atomic E-state index is 0.345. The normalized spacial score (nSPS) is 12.5. The number of hydrogen-bond donors (Lipinski definition) is 1. The quantitative estimate of drug-likeness (QED) is 0.796. The molecule has 0 bridgehead atoms. The SMILES string of the molecule is CCCN(CC)c1ccccc1[C@@H](O)CC. The van der Waals surface area contributed by atoms with Gasteiger partial charge < -0.3 is 10.0 Å². The molecule has 2 heteroatoms. The number of anilines is 1. The topological polar surface area (TPSA) is 23.5 Å². The van der Waals surface area contributed by atoms with E-state index in [1.165, 1.54) is 5.69 Å². The lowest BCUT2D eigenvalue weighted by Gasteiger charge is -2.26. The van der Waals surface area contributed by atoms with Crippen LogP contribution in [0.5, 0.6) is 0 Å². The molecular weight excluding hydrogens is 198 g/mol. The van der Waals surface area contributed by atoms with Crippen LogP contribution >= 0.6 is 0 Å². The smallest absolute Gasteiger partial charge is 0.0807 e. The van der Waals surface area contributed by atoms with Crippen molar-refractivity contribution in [2.45, 2.75) is 39.7 Å². The van der Waals surface area contributed by atoms with Crippen LogP contribution in [0.1, 0.15) is 45.3 Å². The van der Waals surface area contributed by atoms with Gasteiger partial charge >= 0.3 is 0 Å². The summed E-state index contributed by atoms with van der Waals surface area (Å²) in [5.41, 5.74) is 2.24. The molecule has 1 aromatic rings. The fraction of sp³-hybridized carbons (Fsp3) is 0.571. The monoisotopic (exact) mass is 221 g/mol. The zero-order chi connectivity index (χ0) is 12.0. The third-order valence-corrected chi connectivity index (χ3v) is 2.90. The number of nitrogens with zero attached hydrogens (tertiary/aromatic N) is 1. The Morgan fingerprint density at radius 2 is 1.88 bits per heavy atom. The summed E-state index contributed by atoms with van der Waals surface area (Å²) in [6.45, 7) is 8.38. The van der Waals surface area contributed by atoms with Gasteiger partial charge in [-0.3, -0.25) is 0 Å². The molecule has 0 heterocycles. The minimum Gasteiger partial charge on any atom is -0.388 e. The van der Waals surface area contributed by atoms with E-state index in [0.717, 1.165) is 31.5 Å². The summed E-state index contributed by atoms with van der Waals surface area (Å²) in [6, 6.07) is 8.17. The number of aliphatic hydroxyl groups excluding tert-OH is 1. The lowest BCUT2D eigenvalue weighted by Crippen LogP contribution is -2.25. The molecule has 2 nitrogen and oxygen atoms in total. The molecule has 0 fully saturated rings. The maximum atomic E-state index is 10.00. The van der Waals surface area contributed by atoms with Gasteiger partial charge in [0, 0.05) is 24.3 Å². The van der Waals surface area contributed by atoms with Gasteiger partial charge in [-0.25, -0.2) is 0 Å². The Balaban J connectivity index is 3.00. The van der Waals surface area contributed by atoms with Crippen LogP contribution < -0.4 is 4.90 Å². The number of rotatable bonds is 6. The van der Waals surface area contributed by atoms with Crippen LogP contribution in [0.2, 0.25) is 0 Å². The average molecular weight is 221 g/mol. The summed E-state index contributed by atoms with van der Waals surface area (Å²) in [5, 5.41) is 10.00. The summed E-state index contributed by atoms with van der Waals surface area (Å²) in [6.07, 6.45) is 1.55. The van der Waals surface area contributed by atoms with Crippen molar-refractivity contribution in [2.24, 2.45) is 0 Å². The number of para-hydroxylation sites is 1. The standard InChI is InChI=1S/C14H23NO/c1-4-11-15(6-3)13-10-8-7-9-12(13)14(16)5-2/h7-10,14,16H,4-6,11H2,1-3H3/t14-/m0/s1. The lowest BCUT2D eigenvalue weighted by atomic mass is 10.0. The molecule has 0 aromatic heterocycles. The molecule has 16 heavy (non-hydrogen) atoms. The average Bonchev–Trinajstić information content (AvgIpc) is 2.35. The van der Waals surface area contributed by atoms with Crippen molar-refractivity contribution in [3.8, 4) is 0 Å². The molecule has 0 saturated heterocycles. The first-order chi connectivity index (χ1) is 7.74. The number of hydrogen-bond acceptors (Lipinski definition) is 2. The molecule has 90 valence electrons. The summed E-state index contributed by atoms with van der Waals surface area (Å²) in [4.78, 5) is 2.33. The number of benzene rings is 1. The zero-order valence-electron chi connectivity index (χ0n) is 10.6. The van der Waals surface area contributed by atoms with E-state index in [-0.39, 0.29) is 6.10 Å². The molecule has 0 aliphatic carbocycles. The van der Waals surface area contributed by atoms with E-state index < -0.39 is 0 Å². The highest BCUT2D eigenvalue weighted by Crippen LogP contribution is 2.28. The Morgan fingerprint density at radius 3 is 2.44 bits per heavy atom. The van der Waals surface area contributed by atoms with Gasteiger partial charge in [-0.15, -0.1) is 0 Å². The third kappa shape index (κ3) is 2.99. The van der Waals surface area contributed by atoms with Crippen LogP contribution in [0.3, 0.4) is 0 Å². The molecule has 0 radical (unpaired) electrons. The van der Waals surface area contributed by atoms with Gasteiger partial charge in [-0.05, 0) is 25.8 Å². The van der Waals surface area contributed by atoms with Crippen LogP contribution in [-0.4, -0.2) is 18.2 Å². The van der Waals surface area contributed by atoms with Gasteiger partial charge in [-0.2, -0.15) is 0 Å². The molecule has 0 unspecified atom stereocenters. The lowest BCUT2D eigenvalue weighted by molar-refractivity contribution is 0.174. The summed E-state index contributed by atoms with van der Waals surface area (Å²) >= 11 is 0. The Morgan fingerprint density at radius 1 is 1.19 bits per heavy atom.